The zero-order valence-electron chi connectivity index (χ0n) is 20.1. The molecule has 1 unspecified atom stereocenters. The Balaban J connectivity index is 1.36. The van der Waals surface area contributed by atoms with Gasteiger partial charge in [-0.2, -0.15) is 0 Å². The second-order valence-electron chi connectivity index (χ2n) is 8.66. The number of aromatic nitrogens is 2. The fourth-order valence-electron chi connectivity index (χ4n) is 4.59. The molecule has 1 amide bonds. The van der Waals surface area contributed by atoms with Crippen LogP contribution in [-0.2, 0) is 11.3 Å². The fourth-order valence-corrected chi connectivity index (χ4v) is 4.85. The maximum absolute atomic E-state index is 12.9. The number of hydrogen-bond donors (Lipinski definition) is 1. The first kappa shape index (κ1) is 25.0. The highest BCUT2D eigenvalue weighted by Gasteiger charge is 2.25. The van der Waals surface area contributed by atoms with Crippen LogP contribution in [-0.4, -0.2) is 54.2 Å². The van der Waals surface area contributed by atoms with Gasteiger partial charge in [-0.25, -0.2) is 4.98 Å². The van der Waals surface area contributed by atoms with Crippen LogP contribution in [0.4, 0.5) is 0 Å². The molecule has 186 valence electrons. The van der Waals surface area contributed by atoms with Gasteiger partial charge in [-0.05, 0) is 50.0 Å². The molecule has 1 atom stereocenters. The Labute approximate surface area is 209 Å². The van der Waals surface area contributed by atoms with Crippen molar-refractivity contribution in [2.45, 2.75) is 38.3 Å². The number of amides is 1. The molecular weight excluding hydrogens is 468 g/mol. The third kappa shape index (κ3) is 5.77. The average molecular weight is 499 g/mol. The van der Waals surface area contributed by atoms with Crippen molar-refractivity contribution in [2.24, 2.45) is 0 Å². The molecule has 1 aliphatic rings. The number of hydrogen-bond acceptors (Lipinski definition) is 6. The first-order chi connectivity index (χ1) is 17.0. The molecule has 35 heavy (non-hydrogen) atoms. The van der Waals surface area contributed by atoms with E-state index in [2.05, 4.69) is 15.2 Å². The van der Waals surface area contributed by atoms with Crippen LogP contribution in [0.5, 0.6) is 11.5 Å². The Morgan fingerprint density at radius 2 is 1.86 bits per heavy atom. The minimum absolute atomic E-state index is 0.0468. The van der Waals surface area contributed by atoms with Crippen LogP contribution < -0.4 is 20.3 Å². The van der Waals surface area contributed by atoms with Gasteiger partial charge >= 0.3 is 0 Å². The minimum Gasteiger partial charge on any atom is -0.493 e. The van der Waals surface area contributed by atoms with Gasteiger partial charge in [0.25, 0.3) is 5.56 Å². The van der Waals surface area contributed by atoms with Crippen molar-refractivity contribution in [1.29, 1.82) is 0 Å². The van der Waals surface area contributed by atoms with E-state index in [4.69, 9.17) is 21.1 Å². The SMILES string of the molecule is COc1cc2ncn(CCCC(=O)NCC(c3ccccc3Cl)N3CCCC3)c(=O)c2cc1OC. The van der Waals surface area contributed by atoms with Gasteiger partial charge in [0.05, 0.1) is 37.5 Å². The largest absolute Gasteiger partial charge is 0.493 e. The molecule has 1 aromatic heterocycles. The van der Waals surface area contributed by atoms with Crippen LogP contribution in [0.2, 0.25) is 5.02 Å². The number of ether oxygens (including phenoxy) is 2. The molecule has 0 aliphatic carbocycles. The Hall–Kier alpha value is -3.10. The second-order valence-corrected chi connectivity index (χ2v) is 9.06. The Kier molecular flexibility index (Phi) is 8.25. The normalized spacial score (nSPS) is 14.7. The summed E-state index contributed by atoms with van der Waals surface area (Å²) in [4.78, 5) is 32.3. The minimum atomic E-state index is -0.177. The fraction of sp³-hybridized carbons (Fsp3) is 0.423. The van der Waals surface area contributed by atoms with Gasteiger partial charge in [0, 0.05) is 30.6 Å². The summed E-state index contributed by atoms with van der Waals surface area (Å²) in [6, 6.07) is 11.2. The quantitative estimate of drug-likeness (QED) is 0.457. The van der Waals surface area contributed by atoms with Crippen molar-refractivity contribution in [3.8, 4) is 11.5 Å². The number of likely N-dealkylation sites (tertiary alicyclic amines) is 1. The molecule has 1 fully saturated rings. The van der Waals surface area contributed by atoms with E-state index >= 15 is 0 Å². The molecule has 3 aromatic rings. The molecule has 1 N–H and O–H groups in total. The number of carbonyl (C=O) groups is 1. The van der Waals surface area contributed by atoms with Gasteiger partial charge in [0.1, 0.15) is 0 Å². The molecule has 0 saturated carbocycles. The number of benzene rings is 2. The lowest BCUT2D eigenvalue weighted by molar-refractivity contribution is -0.121. The van der Waals surface area contributed by atoms with Crippen molar-refractivity contribution in [3.63, 3.8) is 0 Å². The molecule has 0 radical (unpaired) electrons. The molecule has 0 bridgehead atoms. The number of methoxy groups -OCH3 is 2. The van der Waals surface area contributed by atoms with Gasteiger partial charge in [0.2, 0.25) is 5.91 Å². The molecule has 2 heterocycles. The molecule has 1 saturated heterocycles. The number of nitrogens with one attached hydrogen (secondary N) is 1. The Bertz CT molecular complexity index is 1240. The zero-order valence-corrected chi connectivity index (χ0v) is 20.9. The van der Waals surface area contributed by atoms with Crippen LogP contribution in [0.15, 0.2) is 47.5 Å². The number of rotatable bonds is 10. The number of aryl methyl sites for hydroxylation is 1. The summed E-state index contributed by atoms with van der Waals surface area (Å²) in [6.07, 6.45) is 4.65. The van der Waals surface area contributed by atoms with Gasteiger partial charge in [-0.15, -0.1) is 0 Å². The highest BCUT2D eigenvalue weighted by atomic mass is 35.5. The zero-order chi connectivity index (χ0) is 24.8. The Morgan fingerprint density at radius 1 is 1.14 bits per heavy atom. The van der Waals surface area contributed by atoms with Crippen molar-refractivity contribution in [1.82, 2.24) is 19.8 Å². The number of fused-ring (bicyclic) bond motifs is 1. The summed E-state index contributed by atoms with van der Waals surface area (Å²) in [6.45, 7) is 2.89. The first-order valence-electron chi connectivity index (χ1n) is 11.9. The highest BCUT2D eigenvalue weighted by molar-refractivity contribution is 6.31. The van der Waals surface area contributed by atoms with E-state index in [9.17, 15) is 9.59 Å². The van der Waals surface area contributed by atoms with Crippen molar-refractivity contribution in [3.05, 3.63) is 63.7 Å². The molecule has 9 heteroatoms. The molecule has 1 aliphatic heterocycles. The van der Waals surface area contributed by atoms with Crippen LogP contribution >= 0.6 is 11.6 Å². The lowest BCUT2D eigenvalue weighted by Gasteiger charge is -2.29. The molecule has 8 nitrogen and oxygen atoms in total. The van der Waals surface area contributed by atoms with E-state index in [0.717, 1.165) is 36.5 Å². The van der Waals surface area contributed by atoms with E-state index in [-0.39, 0.29) is 17.5 Å². The highest BCUT2D eigenvalue weighted by Crippen LogP contribution is 2.30. The van der Waals surface area contributed by atoms with E-state index in [1.165, 1.54) is 25.1 Å². The summed E-state index contributed by atoms with van der Waals surface area (Å²) < 4.78 is 12.1. The standard InChI is InChI=1S/C26H31ClN4O4/c1-34-23-14-19-21(15-24(23)35-2)29-17-31(26(19)33)13-7-10-25(32)28-16-22(30-11-5-6-12-30)18-8-3-4-9-20(18)27/h3-4,8-9,14-15,17,22H,5-7,10-13,16H2,1-2H3,(H,28,32). The summed E-state index contributed by atoms with van der Waals surface area (Å²) in [5, 5.41) is 4.24. The van der Waals surface area contributed by atoms with E-state index in [0.29, 0.717) is 48.3 Å². The van der Waals surface area contributed by atoms with E-state index in [1.54, 1.807) is 12.1 Å². The number of halogens is 1. The van der Waals surface area contributed by atoms with Crippen molar-refractivity contribution < 1.29 is 14.3 Å². The van der Waals surface area contributed by atoms with E-state index < -0.39 is 0 Å². The van der Waals surface area contributed by atoms with Gasteiger partial charge in [-0.1, -0.05) is 29.8 Å². The average Bonchev–Trinajstić information content (AvgIpc) is 3.40. The lowest BCUT2D eigenvalue weighted by atomic mass is 10.1. The second kappa shape index (κ2) is 11.6. The van der Waals surface area contributed by atoms with Crippen LogP contribution in [0.3, 0.4) is 0 Å². The van der Waals surface area contributed by atoms with Gasteiger partial charge < -0.3 is 14.8 Å². The van der Waals surface area contributed by atoms with Gasteiger partial charge in [0.15, 0.2) is 11.5 Å². The monoisotopic (exact) mass is 498 g/mol. The van der Waals surface area contributed by atoms with Gasteiger partial charge in [-0.3, -0.25) is 19.1 Å². The predicted octanol–water partition coefficient (Wildman–Crippen LogP) is 3.80. The summed E-state index contributed by atoms with van der Waals surface area (Å²) in [5.41, 5.74) is 1.40. The Morgan fingerprint density at radius 3 is 2.57 bits per heavy atom. The third-order valence-electron chi connectivity index (χ3n) is 6.47. The number of carbonyl (C=O) groups excluding carboxylic acids is 1. The molecular formula is C26H31ClN4O4. The van der Waals surface area contributed by atoms with Crippen LogP contribution in [0.1, 0.15) is 37.3 Å². The molecule has 2 aromatic carbocycles. The predicted molar refractivity (Wildman–Crippen MR) is 136 cm³/mol. The van der Waals surface area contributed by atoms with Crippen molar-refractivity contribution in [2.75, 3.05) is 33.9 Å². The van der Waals surface area contributed by atoms with Crippen LogP contribution in [0.25, 0.3) is 10.9 Å². The maximum Gasteiger partial charge on any atom is 0.261 e. The molecule has 4 rings (SSSR count). The summed E-state index contributed by atoms with van der Waals surface area (Å²) in [5.74, 6) is 0.946. The maximum atomic E-state index is 12.9. The van der Waals surface area contributed by atoms with Crippen LogP contribution in [0, 0.1) is 0 Å². The lowest BCUT2D eigenvalue weighted by Crippen LogP contribution is -2.37. The third-order valence-corrected chi connectivity index (χ3v) is 6.81. The van der Waals surface area contributed by atoms with Crippen molar-refractivity contribution >= 4 is 28.4 Å². The summed E-state index contributed by atoms with van der Waals surface area (Å²) >= 11 is 6.46. The smallest absolute Gasteiger partial charge is 0.261 e. The summed E-state index contributed by atoms with van der Waals surface area (Å²) in [7, 11) is 3.06. The molecule has 0 spiro atoms. The number of nitrogens with zero attached hydrogens (tertiary/aromatic N) is 3. The topological polar surface area (TPSA) is 85.7 Å². The van der Waals surface area contributed by atoms with E-state index in [1.807, 2.05) is 24.3 Å². The first-order valence-corrected chi connectivity index (χ1v) is 12.3.